The molecular weight excluding hydrogens is 292 g/mol. The van der Waals surface area contributed by atoms with E-state index in [0.29, 0.717) is 23.0 Å². The monoisotopic (exact) mass is 314 g/mol. The molecule has 0 aromatic heterocycles. The van der Waals surface area contributed by atoms with Crippen LogP contribution in [0.2, 0.25) is 0 Å². The molecule has 1 saturated heterocycles. The maximum atomic E-state index is 12.2. The number of rotatable bonds is 5. The molecule has 0 spiro atoms. The van der Waals surface area contributed by atoms with Crippen LogP contribution < -0.4 is 20.1 Å². The quantitative estimate of drug-likeness (QED) is 0.871. The first-order valence-corrected chi connectivity index (χ1v) is 6.95. The van der Waals surface area contributed by atoms with Crippen molar-refractivity contribution in [2.24, 2.45) is 5.92 Å². The van der Waals surface area contributed by atoms with E-state index in [1.165, 1.54) is 0 Å². The lowest BCUT2D eigenvalue weighted by Gasteiger charge is -2.22. The highest BCUT2D eigenvalue weighted by Crippen LogP contribution is 2.24. The molecule has 2 rings (SSSR count). The van der Waals surface area contributed by atoms with E-state index < -0.39 is 0 Å². The normalized spacial score (nSPS) is 15.0. The largest absolute Gasteiger partial charge is 0.497 e. The Morgan fingerprint density at radius 1 is 1.29 bits per heavy atom. The van der Waals surface area contributed by atoms with Gasteiger partial charge in [0, 0.05) is 12.6 Å². The van der Waals surface area contributed by atoms with Gasteiger partial charge in [-0.05, 0) is 44.0 Å². The Morgan fingerprint density at radius 3 is 2.62 bits per heavy atom. The van der Waals surface area contributed by atoms with E-state index in [9.17, 15) is 4.79 Å². The van der Waals surface area contributed by atoms with Gasteiger partial charge in [-0.3, -0.25) is 4.79 Å². The molecule has 1 aromatic carbocycles. The summed E-state index contributed by atoms with van der Waals surface area (Å²) < 4.78 is 10.4. The molecule has 1 amide bonds. The number of hydrogen-bond donors (Lipinski definition) is 2. The third kappa shape index (κ3) is 4.79. The van der Waals surface area contributed by atoms with Crippen molar-refractivity contribution in [2.45, 2.75) is 12.8 Å². The molecule has 118 valence electrons. The van der Waals surface area contributed by atoms with Crippen LogP contribution in [-0.2, 0) is 0 Å². The van der Waals surface area contributed by atoms with Gasteiger partial charge < -0.3 is 20.1 Å². The van der Waals surface area contributed by atoms with Gasteiger partial charge in [0.1, 0.15) is 11.5 Å². The molecule has 1 aliphatic heterocycles. The maximum absolute atomic E-state index is 12.2. The molecule has 0 aliphatic carbocycles. The Labute approximate surface area is 131 Å². The first-order chi connectivity index (χ1) is 9.74. The first-order valence-electron chi connectivity index (χ1n) is 6.95. The topological polar surface area (TPSA) is 59.6 Å². The number of nitrogens with one attached hydrogen (secondary N) is 2. The number of carbonyl (C=O) groups excluding carboxylic acids is 1. The fraction of sp³-hybridized carbons (Fsp3) is 0.533. The minimum Gasteiger partial charge on any atom is -0.497 e. The number of halogens is 1. The van der Waals surface area contributed by atoms with Gasteiger partial charge in [0.2, 0.25) is 0 Å². The summed E-state index contributed by atoms with van der Waals surface area (Å²) in [7, 11) is 3.14. The summed E-state index contributed by atoms with van der Waals surface area (Å²) >= 11 is 0. The van der Waals surface area contributed by atoms with Crippen LogP contribution >= 0.6 is 12.4 Å². The highest BCUT2D eigenvalue weighted by molar-refractivity contribution is 5.97. The summed E-state index contributed by atoms with van der Waals surface area (Å²) in [6, 6.07) is 5.22. The van der Waals surface area contributed by atoms with Crippen molar-refractivity contribution in [3.63, 3.8) is 0 Å². The number of benzene rings is 1. The molecule has 0 radical (unpaired) electrons. The summed E-state index contributed by atoms with van der Waals surface area (Å²) in [6.07, 6.45) is 2.22. The molecule has 2 N–H and O–H groups in total. The van der Waals surface area contributed by atoms with Crippen LogP contribution in [0.1, 0.15) is 23.2 Å². The van der Waals surface area contributed by atoms with Crippen molar-refractivity contribution >= 4 is 18.3 Å². The van der Waals surface area contributed by atoms with Gasteiger partial charge in [-0.1, -0.05) is 0 Å². The van der Waals surface area contributed by atoms with Crippen molar-refractivity contribution in [1.82, 2.24) is 10.6 Å². The molecule has 0 saturated carbocycles. The van der Waals surface area contributed by atoms with Crippen LogP contribution in [0.5, 0.6) is 11.5 Å². The van der Waals surface area contributed by atoms with Gasteiger partial charge in [0.25, 0.3) is 5.91 Å². The molecule has 6 heteroatoms. The fourth-order valence-corrected chi connectivity index (χ4v) is 2.40. The van der Waals surface area contributed by atoms with Gasteiger partial charge in [-0.2, -0.15) is 0 Å². The van der Waals surface area contributed by atoms with Crippen molar-refractivity contribution in [1.29, 1.82) is 0 Å². The molecular formula is C15H23ClN2O3. The smallest absolute Gasteiger partial charge is 0.255 e. The van der Waals surface area contributed by atoms with Gasteiger partial charge in [0.15, 0.2) is 0 Å². The van der Waals surface area contributed by atoms with Gasteiger partial charge in [-0.15, -0.1) is 12.4 Å². The Morgan fingerprint density at radius 2 is 2.00 bits per heavy atom. The van der Waals surface area contributed by atoms with Crippen LogP contribution in [0.4, 0.5) is 0 Å². The van der Waals surface area contributed by atoms with E-state index in [1.807, 2.05) is 0 Å². The van der Waals surface area contributed by atoms with Crippen molar-refractivity contribution in [3.8, 4) is 11.5 Å². The Hall–Kier alpha value is -1.46. The molecule has 21 heavy (non-hydrogen) atoms. The number of amides is 1. The first kappa shape index (κ1) is 17.6. The molecule has 5 nitrogen and oxygen atoms in total. The lowest BCUT2D eigenvalue weighted by Crippen LogP contribution is -2.36. The average molecular weight is 315 g/mol. The summed E-state index contributed by atoms with van der Waals surface area (Å²) in [4.78, 5) is 12.2. The standard InChI is InChI=1S/C15H22N2O3.ClH/c1-19-12-3-4-13(14(9-12)20-2)15(18)17-10-11-5-7-16-8-6-11;/h3-4,9,11,16H,5-8,10H2,1-2H3,(H,17,18);1H. The zero-order valence-corrected chi connectivity index (χ0v) is 13.3. The highest BCUT2D eigenvalue weighted by Gasteiger charge is 2.17. The third-order valence-electron chi connectivity index (χ3n) is 3.66. The predicted octanol–water partition coefficient (Wildman–Crippen LogP) is 1.85. The molecule has 1 fully saturated rings. The molecule has 1 aromatic rings. The van der Waals surface area contributed by atoms with E-state index in [-0.39, 0.29) is 18.3 Å². The minimum atomic E-state index is -0.0944. The molecule has 0 atom stereocenters. The summed E-state index contributed by atoms with van der Waals surface area (Å²) in [5, 5.41) is 6.31. The zero-order valence-electron chi connectivity index (χ0n) is 12.5. The number of ether oxygens (including phenoxy) is 2. The zero-order chi connectivity index (χ0) is 14.4. The molecule has 1 heterocycles. The van der Waals surface area contributed by atoms with Gasteiger partial charge in [-0.25, -0.2) is 0 Å². The molecule has 0 unspecified atom stereocenters. The highest BCUT2D eigenvalue weighted by atomic mass is 35.5. The van der Waals surface area contributed by atoms with Crippen LogP contribution in [-0.4, -0.2) is 39.8 Å². The van der Waals surface area contributed by atoms with E-state index >= 15 is 0 Å². The van der Waals surface area contributed by atoms with E-state index in [4.69, 9.17) is 9.47 Å². The number of methoxy groups -OCH3 is 2. The Kier molecular flexibility index (Phi) is 7.32. The summed E-state index contributed by atoms with van der Waals surface area (Å²) in [5.74, 6) is 1.68. The van der Waals surface area contributed by atoms with E-state index in [1.54, 1.807) is 32.4 Å². The van der Waals surface area contributed by atoms with E-state index in [0.717, 1.165) is 32.5 Å². The van der Waals surface area contributed by atoms with Crippen LogP contribution in [0.3, 0.4) is 0 Å². The second-order valence-electron chi connectivity index (χ2n) is 4.97. The average Bonchev–Trinajstić information content (AvgIpc) is 2.52. The van der Waals surface area contributed by atoms with Crippen LogP contribution in [0, 0.1) is 5.92 Å². The molecule has 0 bridgehead atoms. The Bertz CT molecular complexity index is 462. The summed E-state index contributed by atoms with van der Waals surface area (Å²) in [6.45, 7) is 2.79. The third-order valence-corrected chi connectivity index (χ3v) is 3.66. The van der Waals surface area contributed by atoms with Crippen molar-refractivity contribution in [3.05, 3.63) is 23.8 Å². The second-order valence-corrected chi connectivity index (χ2v) is 4.97. The number of carbonyl (C=O) groups is 1. The Balaban J connectivity index is 0.00000220. The van der Waals surface area contributed by atoms with Gasteiger partial charge in [0.05, 0.1) is 19.8 Å². The lowest BCUT2D eigenvalue weighted by molar-refractivity contribution is 0.0941. The second kappa shape index (κ2) is 8.74. The molecule has 1 aliphatic rings. The SMILES string of the molecule is COc1ccc(C(=O)NCC2CCNCC2)c(OC)c1.Cl. The van der Waals surface area contributed by atoms with Crippen molar-refractivity contribution in [2.75, 3.05) is 33.9 Å². The maximum Gasteiger partial charge on any atom is 0.255 e. The van der Waals surface area contributed by atoms with Gasteiger partial charge >= 0.3 is 0 Å². The number of hydrogen-bond acceptors (Lipinski definition) is 4. The summed E-state index contributed by atoms with van der Waals surface area (Å²) in [5.41, 5.74) is 0.544. The predicted molar refractivity (Wildman–Crippen MR) is 84.7 cm³/mol. The van der Waals surface area contributed by atoms with Crippen LogP contribution in [0.25, 0.3) is 0 Å². The minimum absolute atomic E-state index is 0. The van der Waals surface area contributed by atoms with Crippen LogP contribution in [0.15, 0.2) is 18.2 Å². The van der Waals surface area contributed by atoms with E-state index in [2.05, 4.69) is 10.6 Å². The number of piperidine rings is 1. The lowest BCUT2D eigenvalue weighted by atomic mass is 9.98. The van der Waals surface area contributed by atoms with Crippen molar-refractivity contribution < 1.29 is 14.3 Å². The fourth-order valence-electron chi connectivity index (χ4n) is 2.40.